The normalized spacial score (nSPS) is 17.5. The van der Waals surface area contributed by atoms with Crippen LogP contribution in [0.2, 0.25) is 0 Å². The van der Waals surface area contributed by atoms with Crippen LogP contribution in [0, 0.1) is 0 Å². The molecule has 1 amide bonds. The summed E-state index contributed by atoms with van der Waals surface area (Å²) in [6, 6.07) is 0.348. The van der Waals surface area contributed by atoms with Crippen LogP contribution in [0.5, 0.6) is 0 Å². The molecule has 1 saturated heterocycles. The molecular weight excluding hydrogens is 329 g/mol. The molecular formula is C14H26N7O2P. The summed E-state index contributed by atoms with van der Waals surface area (Å²) in [4.78, 5) is 24.6. The van der Waals surface area contributed by atoms with Crippen molar-refractivity contribution in [3.05, 3.63) is 11.9 Å². The number of hydrogen-bond acceptors (Lipinski definition) is 7. The van der Waals surface area contributed by atoms with E-state index in [1.54, 1.807) is 6.20 Å². The highest BCUT2D eigenvalue weighted by atomic mass is 31.1. The van der Waals surface area contributed by atoms with Gasteiger partial charge in [-0.1, -0.05) is 19.1 Å². The van der Waals surface area contributed by atoms with Gasteiger partial charge in [-0.25, -0.2) is 4.68 Å². The van der Waals surface area contributed by atoms with Gasteiger partial charge in [0.05, 0.1) is 11.9 Å². The molecule has 5 N–H and O–H groups in total. The fourth-order valence-electron chi connectivity index (χ4n) is 2.66. The maximum absolute atomic E-state index is 12.4. The summed E-state index contributed by atoms with van der Waals surface area (Å²) in [6.07, 6.45) is 2.85. The fourth-order valence-corrected chi connectivity index (χ4v) is 3.25. The number of hydrogen-bond donors (Lipinski definition) is 4. The molecule has 24 heavy (non-hydrogen) atoms. The lowest BCUT2D eigenvalue weighted by Crippen LogP contribution is -2.59. The molecule has 2 heterocycles. The van der Waals surface area contributed by atoms with Gasteiger partial charge in [0, 0.05) is 21.3 Å². The van der Waals surface area contributed by atoms with Crippen LogP contribution in [-0.2, 0) is 22.7 Å². The van der Waals surface area contributed by atoms with Gasteiger partial charge in [-0.3, -0.25) is 9.59 Å². The molecule has 1 unspecified atom stereocenters. The molecule has 1 aliphatic heterocycles. The predicted octanol–water partition coefficient (Wildman–Crippen LogP) is -0.907. The van der Waals surface area contributed by atoms with Gasteiger partial charge in [0.15, 0.2) is 5.52 Å². The van der Waals surface area contributed by atoms with Crippen molar-refractivity contribution in [3.63, 3.8) is 0 Å². The zero-order chi connectivity index (χ0) is 17.6. The standard InChI is InChI=1S/C14H26N7O2P/c1-10(2)17-7-11-8-21(20-19-11)9-12(22)18-14(13(23)24-15)3-5-16-6-4-14/h8,10,16-17,24H,3-7,9,15H2,1-2H3,(H,18,22). The fraction of sp³-hybridized carbons (Fsp3) is 0.714. The summed E-state index contributed by atoms with van der Waals surface area (Å²) in [5.74, 6) is -0.253. The molecule has 2 rings (SSSR count). The first-order chi connectivity index (χ1) is 11.4. The quantitative estimate of drug-likeness (QED) is 0.445. The highest BCUT2D eigenvalue weighted by Crippen LogP contribution is 2.25. The van der Waals surface area contributed by atoms with Gasteiger partial charge in [-0.15, -0.1) is 5.10 Å². The van der Waals surface area contributed by atoms with Gasteiger partial charge < -0.3 is 21.5 Å². The van der Waals surface area contributed by atoms with Crippen molar-refractivity contribution in [2.24, 2.45) is 5.50 Å². The Labute approximate surface area is 143 Å². The lowest BCUT2D eigenvalue weighted by molar-refractivity contribution is -0.129. The Bertz CT molecular complexity index is 569. The molecule has 1 aromatic rings. The van der Waals surface area contributed by atoms with Gasteiger partial charge >= 0.3 is 0 Å². The second-order valence-electron chi connectivity index (χ2n) is 6.30. The lowest BCUT2D eigenvalue weighted by atomic mass is 9.89. The van der Waals surface area contributed by atoms with Crippen LogP contribution in [0.15, 0.2) is 6.20 Å². The van der Waals surface area contributed by atoms with Crippen molar-refractivity contribution in [2.45, 2.75) is 51.4 Å². The molecule has 0 radical (unpaired) electrons. The maximum atomic E-state index is 12.4. The number of rotatable bonds is 8. The van der Waals surface area contributed by atoms with Gasteiger partial charge in [-0.2, -0.15) is 0 Å². The van der Waals surface area contributed by atoms with E-state index < -0.39 is 5.54 Å². The van der Waals surface area contributed by atoms with Crippen molar-refractivity contribution < 1.29 is 9.59 Å². The lowest BCUT2D eigenvalue weighted by Gasteiger charge is -2.36. The number of piperidine rings is 1. The monoisotopic (exact) mass is 355 g/mol. The van der Waals surface area contributed by atoms with E-state index in [-0.39, 0.29) is 26.7 Å². The van der Waals surface area contributed by atoms with Crippen LogP contribution >= 0.6 is 8.73 Å². The molecule has 134 valence electrons. The van der Waals surface area contributed by atoms with Crippen molar-refractivity contribution in [3.8, 4) is 0 Å². The summed E-state index contributed by atoms with van der Waals surface area (Å²) in [6.45, 7) is 6.10. The highest BCUT2D eigenvalue weighted by Gasteiger charge is 2.39. The third-order valence-electron chi connectivity index (χ3n) is 3.98. The van der Waals surface area contributed by atoms with E-state index in [9.17, 15) is 9.59 Å². The molecule has 9 nitrogen and oxygen atoms in total. The zero-order valence-corrected chi connectivity index (χ0v) is 15.1. The average Bonchev–Trinajstić information content (AvgIpc) is 3.00. The molecule has 0 spiro atoms. The van der Waals surface area contributed by atoms with Crippen molar-refractivity contribution >= 4 is 20.2 Å². The number of carbonyl (C=O) groups is 2. The number of nitrogens with one attached hydrogen (secondary N) is 3. The van der Waals surface area contributed by atoms with Gasteiger partial charge in [0.25, 0.3) is 0 Å². The number of amides is 1. The Balaban J connectivity index is 1.94. The third kappa shape index (κ3) is 5.04. The smallest absolute Gasteiger partial charge is 0.242 e. The van der Waals surface area contributed by atoms with E-state index in [1.165, 1.54) is 4.68 Å². The summed E-state index contributed by atoms with van der Waals surface area (Å²) in [5, 5.41) is 17.3. The van der Waals surface area contributed by atoms with E-state index in [0.29, 0.717) is 38.5 Å². The summed E-state index contributed by atoms with van der Waals surface area (Å²) < 4.78 is 1.48. The number of carbonyl (C=O) groups excluding carboxylic acids is 2. The van der Waals surface area contributed by atoms with Gasteiger partial charge in [0.2, 0.25) is 5.91 Å². The van der Waals surface area contributed by atoms with Crippen LogP contribution in [0.25, 0.3) is 0 Å². The molecule has 1 atom stereocenters. The molecule has 10 heteroatoms. The second kappa shape index (κ2) is 8.62. The Morgan fingerprint density at radius 1 is 1.46 bits per heavy atom. The van der Waals surface area contributed by atoms with Crippen molar-refractivity contribution in [1.29, 1.82) is 0 Å². The Morgan fingerprint density at radius 3 is 2.79 bits per heavy atom. The first-order valence-corrected chi connectivity index (χ1v) is 9.18. The maximum Gasteiger partial charge on any atom is 0.242 e. The van der Waals surface area contributed by atoms with Crippen LogP contribution < -0.4 is 21.5 Å². The van der Waals surface area contributed by atoms with Crippen molar-refractivity contribution in [2.75, 3.05) is 13.1 Å². The van der Waals surface area contributed by atoms with E-state index in [4.69, 9.17) is 5.50 Å². The van der Waals surface area contributed by atoms with Crippen LogP contribution in [-0.4, -0.2) is 51.1 Å². The molecule has 0 aliphatic carbocycles. The predicted molar refractivity (Wildman–Crippen MR) is 92.5 cm³/mol. The minimum atomic E-state index is -0.849. The molecule has 1 aromatic heterocycles. The summed E-state index contributed by atoms with van der Waals surface area (Å²) in [7, 11) is -0.322. The first-order valence-electron chi connectivity index (χ1n) is 8.10. The molecule has 0 aromatic carbocycles. The van der Waals surface area contributed by atoms with Crippen molar-refractivity contribution in [1.82, 2.24) is 30.9 Å². The van der Waals surface area contributed by atoms with Crippen LogP contribution in [0.1, 0.15) is 32.4 Å². The minimum absolute atomic E-state index is 0.0326. The minimum Gasteiger partial charge on any atom is -0.341 e. The first kappa shape index (κ1) is 18.9. The highest BCUT2D eigenvalue weighted by molar-refractivity contribution is 7.56. The average molecular weight is 355 g/mol. The van der Waals surface area contributed by atoms with Crippen LogP contribution in [0.4, 0.5) is 0 Å². The Kier molecular flexibility index (Phi) is 6.79. The van der Waals surface area contributed by atoms with E-state index in [0.717, 1.165) is 5.69 Å². The van der Waals surface area contributed by atoms with Gasteiger partial charge in [0.1, 0.15) is 12.1 Å². The summed E-state index contributed by atoms with van der Waals surface area (Å²) in [5.41, 5.74) is 5.37. The second-order valence-corrected chi connectivity index (χ2v) is 7.04. The molecule has 0 saturated carbocycles. The SMILES string of the molecule is CC(C)NCc1cn(CC(=O)NC2(C(=O)PN)CCNCC2)nn1. The van der Waals surface area contributed by atoms with E-state index in [2.05, 4.69) is 26.3 Å². The van der Waals surface area contributed by atoms with Gasteiger partial charge in [-0.05, 0) is 25.9 Å². The largest absolute Gasteiger partial charge is 0.341 e. The molecule has 0 bridgehead atoms. The van der Waals surface area contributed by atoms with E-state index >= 15 is 0 Å². The number of nitrogens with two attached hydrogens (primary N) is 1. The Hall–Kier alpha value is -1.41. The zero-order valence-electron chi connectivity index (χ0n) is 14.1. The number of aromatic nitrogens is 3. The molecule has 1 fully saturated rings. The molecule has 1 aliphatic rings. The Morgan fingerprint density at radius 2 is 2.17 bits per heavy atom. The third-order valence-corrected chi connectivity index (χ3v) is 4.73. The van der Waals surface area contributed by atoms with Crippen LogP contribution in [0.3, 0.4) is 0 Å². The topological polar surface area (TPSA) is 127 Å². The number of nitrogens with zero attached hydrogens (tertiary/aromatic N) is 3. The van der Waals surface area contributed by atoms with E-state index in [1.807, 2.05) is 13.8 Å². The summed E-state index contributed by atoms with van der Waals surface area (Å²) >= 11 is 0.